The molecule has 0 spiro atoms. The van der Waals surface area contributed by atoms with Crippen LogP contribution in [0, 0.1) is 0 Å². The van der Waals surface area contributed by atoms with E-state index in [9.17, 15) is 8.42 Å². The van der Waals surface area contributed by atoms with Gasteiger partial charge < -0.3 is 5.73 Å². The molecule has 0 aromatic heterocycles. The first kappa shape index (κ1) is 13.9. The van der Waals surface area contributed by atoms with Crippen LogP contribution in [-0.4, -0.2) is 25.0 Å². The standard InChI is InChI=1S/C10H23NO2S/c1-5-9(7-6-8-11)14(12,13)10(2,3)4/h9H,5-8,11H2,1-4H3. The molecule has 0 fully saturated rings. The molecule has 0 radical (unpaired) electrons. The van der Waals surface area contributed by atoms with Crippen molar-refractivity contribution in [3.8, 4) is 0 Å². The molecule has 0 aliphatic carbocycles. The molecule has 0 aliphatic heterocycles. The topological polar surface area (TPSA) is 60.2 Å². The average molecular weight is 221 g/mol. The molecule has 0 saturated carbocycles. The van der Waals surface area contributed by atoms with E-state index in [1.165, 1.54) is 0 Å². The molecular formula is C10H23NO2S. The summed E-state index contributed by atoms with van der Waals surface area (Å²) in [4.78, 5) is 0. The van der Waals surface area contributed by atoms with Gasteiger partial charge in [0.1, 0.15) is 0 Å². The van der Waals surface area contributed by atoms with Crippen molar-refractivity contribution in [2.75, 3.05) is 6.54 Å². The van der Waals surface area contributed by atoms with Crippen molar-refractivity contribution in [2.45, 2.75) is 57.0 Å². The number of nitrogens with two attached hydrogens (primary N) is 1. The summed E-state index contributed by atoms with van der Waals surface area (Å²) in [5.41, 5.74) is 5.39. The third-order valence-corrected chi connectivity index (χ3v) is 5.63. The van der Waals surface area contributed by atoms with Gasteiger partial charge in [-0.2, -0.15) is 0 Å². The highest BCUT2D eigenvalue weighted by Gasteiger charge is 2.35. The maximum absolute atomic E-state index is 12.0. The van der Waals surface area contributed by atoms with Gasteiger partial charge in [-0.25, -0.2) is 8.42 Å². The highest BCUT2D eigenvalue weighted by atomic mass is 32.2. The number of sulfone groups is 1. The van der Waals surface area contributed by atoms with Crippen LogP contribution >= 0.6 is 0 Å². The lowest BCUT2D eigenvalue weighted by molar-refractivity contribution is 0.528. The van der Waals surface area contributed by atoms with E-state index < -0.39 is 14.6 Å². The summed E-state index contributed by atoms with van der Waals surface area (Å²) in [7, 11) is -3.02. The first-order valence-corrected chi connectivity index (χ1v) is 6.75. The van der Waals surface area contributed by atoms with Crippen molar-refractivity contribution in [3.05, 3.63) is 0 Å². The number of hydrogen-bond acceptors (Lipinski definition) is 3. The minimum absolute atomic E-state index is 0.231. The molecule has 3 nitrogen and oxygen atoms in total. The molecule has 0 bridgehead atoms. The van der Waals surface area contributed by atoms with Crippen LogP contribution in [0.1, 0.15) is 47.0 Å². The van der Waals surface area contributed by atoms with Crippen molar-refractivity contribution in [3.63, 3.8) is 0 Å². The van der Waals surface area contributed by atoms with Gasteiger partial charge in [-0.15, -0.1) is 0 Å². The lowest BCUT2D eigenvalue weighted by atomic mass is 10.2. The Balaban J connectivity index is 4.68. The minimum atomic E-state index is -3.02. The molecule has 0 heterocycles. The van der Waals surface area contributed by atoms with Crippen molar-refractivity contribution in [1.82, 2.24) is 0 Å². The second-order valence-corrected chi connectivity index (χ2v) is 7.60. The van der Waals surface area contributed by atoms with E-state index >= 15 is 0 Å². The summed E-state index contributed by atoms with van der Waals surface area (Å²) in [6.45, 7) is 7.76. The first-order valence-electron chi connectivity index (χ1n) is 5.21. The Morgan fingerprint density at radius 3 is 2.07 bits per heavy atom. The Kier molecular flexibility index (Phi) is 5.09. The smallest absolute Gasteiger partial charge is 0.158 e. The molecular weight excluding hydrogens is 198 g/mol. The zero-order valence-electron chi connectivity index (χ0n) is 9.71. The van der Waals surface area contributed by atoms with E-state index in [0.29, 0.717) is 19.4 Å². The van der Waals surface area contributed by atoms with Crippen LogP contribution < -0.4 is 5.73 Å². The van der Waals surface area contributed by atoms with Crippen molar-refractivity contribution >= 4 is 9.84 Å². The van der Waals surface area contributed by atoms with Gasteiger partial charge in [-0.3, -0.25) is 0 Å². The Bertz CT molecular complexity index is 252. The van der Waals surface area contributed by atoms with Gasteiger partial charge >= 0.3 is 0 Å². The largest absolute Gasteiger partial charge is 0.330 e. The summed E-state index contributed by atoms with van der Waals surface area (Å²) < 4.78 is 23.4. The zero-order chi connectivity index (χ0) is 11.4. The molecule has 4 heteroatoms. The minimum Gasteiger partial charge on any atom is -0.330 e. The van der Waals surface area contributed by atoms with Gasteiger partial charge in [0.25, 0.3) is 0 Å². The monoisotopic (exact) mass is 221 g/mol. The maximum Gasteiger partial charge on any atom is 0.158 e. The Hall–Kier alpha value is -0.0900. The van der Waals surface area contributed by atoms with E-state index in [2.05, 4.69) is 0 Å². The highest BCUT2D eigenvalue weighted by molar-refractivity contribution is 7.93. The normalized spacial score (nSPS) is 15.5. The highest BCUT2D eigenvalue weighted by Crippen LogP contribution is 2.25. The van der Waals surface area contributed by atoms with Gasteiger partial charge in [-0.05, 0) is 46.6 Å². The van der Waals surface area contributed by atoms with E-state index in [0.717, 1.165) is 6.42 Å². The predicted octanol–water partition coefficient (Wildman–Crippen LogP) is 1.72. The SMILES string of the molecule is CCC(CCCN)S(=O)(=O)C(C)(C)C. The fourth-order valence-corrected chi connectivity index (χ4v) is 3.34. The molecule has 1 atom stereocenters. The van der Waals surface area contributed by atoms with Crippen molar-refractivity contribution < 1.29 is 8.42 Å². The second kappa shape index (κ2) is 5.12. The van der Waals surface area contributed by atoms with Gasteiger partial charge in [-0.1, -0.05) is 6.92 Å². The quantitative estimate of drug-likeness (QED) is 0.769. The fraction of sp³-hybridized carbons (Fsp3) is 1.00. The molecule has 14 heavy (non-hydrogen) atoms. The van der Waals surface area contributed by atoms with E-state index in [1.807, 2.05) is 6.92 Å². The molecule has 0 aromatic rings. The van der Waals surface area contributed by atoms with Gasteiger partial charge in [0.2, 0.25) is 0 Å². The van der Waals surface area contributed by atoms with E-state index in [4.69, 9.17) is 5.73 Å². The van der Waals surface area contributed by atoms with Crippen LogP contribution in [0.5, 0.6) is 0 Å². The summed E-state index contributed by atoms with van der Waals surface area (Å²) in [5, 5.41) is -0.231. The van der Waals surface area contributed by atoms with Gasteiger partial charge in [0.15, 0.2) is 9.84 Å². The summed E-state index contributed by atoms with van der Waals surface area (Å²) in [6, 6.07) is 0. The third kappa shape index (κ3) is 3.24. The summed E-state index contributed by atoms with van der Waals surface area (Å²) in [6.07, 6.45) is 2.15. The van der Waals surface area contributed by atoms with Gasteiger partial charge in [0.05, 0.1) is 10.00 Å². The summed E-state index contributed by atoms with van der Waals surface area (Å²) in [5.74, 6) is 0. The average Bonchev–Trinajstić information content (AvgIpc) is 2.03. The molecule has 0 rings (SSSR count). The maximum atomic E-state index is 12.0. The summed E-state index contributed by atoms with van der Waals surface area (Å²) >= 11 is 0. The molecule has 0 aromatic carbocycles. The lowest BCUT2D eigenvalue weighted by Gasteiger charge is -2.26. The molecule has 86 valence electrons. The van der Waals surface area contributed by atoms with E-state index in [1.54, 1.807) is 20.8 Å². The first-order chi connectivity index (χ1) is 6.27. The second-order valence-electron chi connectivity index (χ2n) is 4.62. The number of rotatable bonds is 5. The van der Waals surface area contributed by atoms with Crippen LogP contribution in [0.4, 0.5) is 0 Å². The molecule has 1 unspecified atom stereocenters. The van der Waals surface area contributed by atoms with E-state index in [-0.39, 0.29) is 5.25 Å². The molecule has 0 amide bonds. The van der Waals surface area contributed by atoms with Gasteiger partial charge in [0, 0.05) is 0 Å². The van der Waals surface area contributed by atoms with Crippen LogP contribution in [0.3, 0.4) is 0 Å². The number of hydrogen-bond donors (Lipinski definition) is 1. The third-order valence-electron chi connectivity index (χ3n) is 2.48. The fourth-order valence-electron chi connectivity index (χ4n) is 1.42. The molecule has 0 aliphatic rings. The Labute approximate surface area is 88.0 Å². The molecule has 0 saturated heterocycles. The Morgan fingerprint density at radius 1 is 1.29 bits per heavy atom. The van der Waals surface area contributed by atoms with Crippen LogP contribution in [0.15, 0.2) is 0 Å². The predicted molar refractivity (Wildman–Crippen MR) is 61.0 cm³/mol. The Morgan fingerprint density at radius 2 is 1.79 bits per heavy atom. The van der Waals surface area contributed by atoms with Crippen LogP contribution in [0.2, 0.25) is 0 Å². The van der Waals surface area contributed by atoms with Crippen LogP contribution in [-0.2, 0) is 9.84 Å². The van der Waals surface area contributed by atoms with Crippen molar-refractivity contribution in [1.29, 1.82) is 0 Å². The van der Waals surface area contributed by atoms with Crippen LogP contribution in [0.25, 0.3) is 0 Å². The van der Waals surface area contributed by atoms with Crippen molar-refractivity contribution in [2.24, 2.45) is 5.73 Å². The zero-order valence-corrected chi connectivity index (χ0v) is 10.5. The lowest BCUT2D eigenvalue weighted by Crippen LogP contribution is -2.37. The molecule has 2 N–H and O–H groups in total.